The molecule has 2 nitrogen and oxygen atoms in total. The Kier molecular flexibility index (Phi) is 2.56. The number of hydrogen-bond donors (Lipinski definition) is 0. The number of amides is 1. The topological polar surface area (TPSA) is 20.3 Å². The second kappa shape index (κ2) is 3.69. The normalized spacial score (nSPS) is 23.5. The van der Waals surface area contributed by atoms with Crippen molar-refractivity contribution in [1.29, 1.82) is 0 Å². The van der Waals surface area contributed by atoms with Crippen molar-refractivity contribution in [2.24, 2.45) is 5.92 Å². The van der Waals surface area contributed by atoms with Crippen LogP contribution in [0, 0.1) is 5.92 Å². The van der Waals surface area contributed by atoms with Crippen LogP contribution in [-0.2, 0) is 4.79 Å². The van der Waals surface area contributed by atoms with Gasteiger partial charge in [-0.15, -0.1) is 0 Å². The van der Waals surface area contributed by atoms with E-state index in [2.05, 4.69) is 11.8 Å². The number of rotatable bonds is 3. The van der Waals surface area contributed by atoms with Gasteiger partial charge < -0.3 is 4.90 Å². The zero-order valence-corrected chi connectivity index (χ0v) is 8.46. The summed E-state index contributed by atoms with van der Waals surface area (Å²) in [6, 6.07) is 0.609. The molecule has 2 aliphatic rings. The van der Waals surface area contributed by atoms with Gasteiger partial charge in [-0.25, -0.2) is 0 Å². The fourth-order valence-electron chi connectivity index (χ4n) is 2.39. The smallest absolute Gasteiger partial charge is 0.225 e. The van der Waals surface area contributed by atoms with Gasteiger partial charge in [0.2, 0.25) is 5.91 Å². The maximum Gasteiger partial charge on any atom is 0.225 e. The Balaban J connectivity index is 1.92. The van der Waals surface area contributed by atoms with E-state index in [0.717, 1.165) is 19.4 Å². The van der Waals surface area contributed by atoms with Crippen LogP contribution in [0.25, 0.3) is 0 Å². The van der Waals surface area contributed by atoms with E-state index < -0.39 is 0 Å². The van der Waals surface area contributed by atoms with E-state index in [0.29, 0.717) is 17.9 Å². The average molecular weight is 181 g/mol. The maximum atomic E-state index is 12.0. The average Bonchev–Trinajstić information content (AvgIpc) is 2.83. The molecule has 2 aliphatic carbocycles. The molecule has 0 radical (unpaired) electrons. The fourth-order valence-corrected chi connectivity index (χ4v) is 2.39. The Hall–Kier alpha value is -0.530. The van der Waals surface area contributed by atoms with Crippen LogP contribution in [0.3, 0.4) is 0 Å². The van der Waals surface area contributed by atoms with Crippen molar-refractivity contribution in [2.45, 2.75) is 51.5 Å². The summed E-state index contributed by atoms with van der Waals surface area (Å²) in [5, 5.41) is 0. The third kappa shape index (κ3) is 1.87. The lowest BCUT2D eigenvalue weighted by Gasteiger charge is -2.23. The molecular formula is C11H19NO. The van der Waals surface area contributed by atoms with Gasteiger partial charge in [-0.2, -0.15) is 0 Å². The number of nitrogens with zero attached hydrogens (tertiary/aromatic N) is 1. The number of carbonyl (C=O) groups excluding carboxylic acids is 1. The number of carbonyl (C=O) groups is 1. The summed E-state index contributed by atoms with van der Waals surface area (Å²) in [6.07, 6.45) is 7.29. The Morgan fingerprint density at radius 2 is 1.85 bits per heavy atom. The molecule has 2 rings (SSSR count). The van der Waals surface area contributed by atoms with Gasteiger partial charge >= 0.3 is 0 Å². The van der Waals surface area contributed by atoms with E-state index in [1.807, 2.05) is 0 Å². The molecule has 0 aromatic rings. The minimum absolute atomic E-state index is 0.376. The number of hydrogen-bond acceptors (Lipinski definition) is 1. The van der Waals surface area contributed by atoms with Crippen molar-refractivity contribution in [1.82, 2.24) is 4.90 Å². The lowest BCUT2D eigenvalue weighted by Crippen LogP contribution is -2.36. The van der Waals surface area contributed by atoms with Crippen LogP contribution in [0.15, 0.2) is 0 Å². The molecule has 0 N–H and O–H groups in total. The van der Waals surface area contributed by atoms with Gasteiger partial charge in [-0.1, -0.05) is 12.8 Å². The molecular weight excluding hydrogens is 162 g/mol. The standard InChI is InChI=1S/C11H19NO/c1-2-12(10-7-8-10)11(13)9-5-3-4-6-9/h9-10H,2-8H2,1H3. The first kappa shape index (κ1) is 9.04. The van der Waals surface area contributed by atoms with Crippen LogP contribution < -0.4 is 0 Å². The largest absolute Gasteiger partial charge is 0.340 e. The summed E-state index contributed by atoms with van der Waals surface area (Å²) in [7, 11) is 0. The Labute approximate surface area is 80.3 Å². The molecule has 1 amide bonds. The van der Waals surface area contributed by atoms with Crippen LogP contribution >= 0.6 is 0 Å². The molecule has 13 heavy (non-hydrogen) atoms. The summed E-state index contributed by atoms with van der Waals surface area (Å²) in [5.41, 5.74) is 0. The first-order valence-electron chi connectivity index (χ1n) is 5.63. The molecule has 0 unspecified atom stereocenters. The fraction of sp³-hybridized carbons (Fsp3) is 0.909. The van der Waals surface area contributed by atoms with Crippen LogP contribution in [-0.4, -0.2) is 23.4 Å². The van der Waals surface area contributed by atoms with Gasteiger partial charge in [-0.05, 0) is 32.6 Å². The van der Waals surface area contributed by atoms with Gasteiger partial charge in [0.1, 0.15) is 0 Å². The zero-order chi connectivity index (χ0) is 9.26. The predicted octanol–water partition coefficient (Wildman–Crippen LogP) is 2.19. The molecule has 0 aliphatic heterocycles. The van der Waals surface area contributed by atoms with Crippen molar-refractivity contribution in [2.75, 3.05) is 6.54 Å². The third-order valence-corrected chi connectivity index (χ3v) is 3.32. The highest BCUT2D eigenvalue weighted by Gasteiger charge is 2.35. The molecule has 74 valence electrons. The SMILES string of the molecule is CCN(C(=O)C1CCCC1)C1CC1. The summed E-state index contributed by atoms with van der Waals surface area (Å²) < 4.78 is 0. The highest BCUT2D eigenvalue weighted by molar-refractivity contribution is 5.79. The minimum Gasteiger partial charge on any atom is -0.340 e. The Bertz CT molecular complexity index is 192. The summed E-state index contributed by atoms with van der Waals surface area (Å²) in [4.78, 5) is 14.1. The highest BCUT2D eigenvalue weighted by Crippen LogP contribution is 2.32. The molecule has 0 aromatic heterocycles. The Morgan fingerprint density at radius 3 is 2.31 bits per heavy atom. The van der Waals surface area contributed by atoms with Gasteiger partial charge in [0.25, 0.3) is 0 Å². The summed E-state index contributed by atoms with van der Waals surface area (Å²) in [6.45, 7) is 3.02. The molecule has 2 fully saturated rings. The van der Waals surface area contributed by atoms with Gasteiger partial charge in [0.15, 0.2) is 0 Å². The van der Waals surface area contributed by atoms with Crippen molar-refractivity contribution >= 4 is 5.91 Å². The van der Waals surface area contributed by atoms with E-state index in [1.165, 1.54) is 25.7 Å². The monoisotopic (exact) mass is 181 g/mol. The first-order valence-corrected chi connectivity index (χ1v) is 5.63. The van der Waals surface area contributed by atoms with Crippen molar-refractivity contribution in [3.63, 3.8) is 0 Å². The van der Waals surface area contributed by atoms with E-state index in [1.54, 1.807) is 0 Å². The molecule has 2 saturated carbocycles. The van der Waals surface area contributed by atoms with Crippen LogP contribution in [0.2, 0.25) is 0 Å². The van der Waals surface area contributed by atoms with E-state index in [4.69, 9.17) is 0 Å². The van der Waals surface area contributed by atoms with Gasteiger partial charge in [0.05, 0.1) is 0 Å². The van der Waals surface area contributed by atoms with E-state index in [-0.39, 0.29) is 0 Å². The van der Waals surface area contributed by atoms with Crippen molar-refractivity contribution in [3.8, 4) is 0 Å². The second-order valence-electron chi connectivity index (χ2n) is 4.34. The first-order chi connectivity index (χ1) is 6.33. The lowest BCUT2D eigenvalue weighted by atomic mass is 10.1. The minimum atomic E-state index is 0.376. The predicted molar refractivity (Wildman–Crippen MR) is 52.4 cm³/mol. The van der Waals surface area contributed by atoms with Gasteiger partial charge in [0, 0.05) is 18.5 Å². The maximum absolute atomic E-state index is 12.0. The molecule has 2 heteroatoms. The van der Waals surface area contributed by atoms with Crippen molar-refractivity contribution < 1.29 is 4.79 Å². The zero-order valence-electron chi connectivity index (χ0n) is 8.46. The molecule has 0 aromatic carbocycles. The molecule has 0 bridgehead atoms. The molecule has 0 heterocycles. The van der Waals surface area contributed by atoms with E-state index in [9.17, 15) is 4.79 Å². The van der Waals surface area contributed by atoms with Crippen LogP contribution in [0.4, 0.5) is 0 Å². The third-order valence-electron chi connectivity index (χ3n) is 3.32. The Morgan fingerprint density at radius 1 is 1.23 bits per heavy atom. The van der Waals surface area contributed by atoms with Crippen molar-refractivity contribution in [3.05, 3.63) is 0 Å². The lowest BCUT2D eigenvalue weighted by molar-refractivity contribution is -0.135. The molecule has 0 spiro atoms. The summed E-state index contributed by atoms with van der Waals surface area (Å²) in [5.74, 6) is 0.822. The quantitative estimate of drug-likeness (QED) is 0.653. The van der Waals surface area contributed by atoms with Crippen LogP contribution in [0.5, 0.6) is 0 Å². The van der Waals surface area contributed by atoms with E-state index >= 15 is 0 Å². The second-order valence-corrected chi connectivity index (χ2v) is 4.34. The highest BCUT2D eigenvalue weighted by atomic mass is 16.2. The van der Waals surface area contributed by atoms with Gasteiger partial charge in [-0.3, -0.25) is 4.79 Å². The molecule has 0 atom stereocenters. The summed E-state index contributed by atoms with van der Waals surface area (Å²) >= 11 is 0. The molecule has 0 saturated heterocycles. The van der Waals surface area contributed by atoms with Crippen LogP contribution in [0.1, 0.15) is 45.4 Å².